The van der Waals surface area contributed by atoms with Gasteiger partial charge in [-0.05, 0) is 29.8 Å². The van der Waals surface area contributed by atoms with E-state index in [1.54, 1.807) is 12.1 Å². The molecule has 2 aromatic carbocycles. The molecular formula is C23H13N5O7S. The lowest BCUT2D eigenvalue weighted by molar-refractivity contribution is -0.385. The van der Waals surface area contributed by atoms with Crippen molar-refractivity contribution in [3.63, 3.8) is 0 Å². The van der Waals surface area contributed by atoms with Gasteiger partial charge in [-0.2, -0.15) is 0 Å². The van der Waals surface area contributed by atoms with Gasteiger partial charge in [0.1, 0.15) is 5.76 Å². The van der Waals surface area contributed by atoms with Gasteiger partial charge in [0.15, 0.2) is 5.13 Å². The van der Waals surface area contributed by atoms with Crippen molar-refractivity contribution >= 4 is 55.5 Å². The summed E-state index contributed by atoms with van der Waals surface area (Å²) in [5.74, 6) is -2.46. The highest BCUT2D eigenvalue weighted by molar-refractivity contribution is 7.22. The monoisotopic (exact) mass is 503 g/mol. The minimum atomic E-state index is -1.11. The maximum Gasteiger partial charge on any atom is 0.301 e. The number of benzene rings is 2. The van der Waals surface area contributed by atoms with E-state index < -0.39 is 33.3 Å². The molecule has 0 spiro atoms. The lowest BCUT2D eigenvalue weighted by Crippen LogP contribution is -2.29. The van der Waals surface area contributed by atoms with Crippen LogP contribution in [0.15, 0.2) is 72.6 Å². The molecular weight excluding hydrogens is 490 g/mol. The first-order chi connectivity index (χ1) is 17.3. The highest BCUT2D eigenvalue weighted by Gasteiger charge is 2.48. The normalized spacial score (nSPS) is 17.0. The predicted octanol–water partition coefficient (Wildman–Crippen LogP) is 4.13. The number of non-ortho nitro benzene ring substituents is 2. The Kier molecular flexibility index (Phi) is 5.45. The molecule has 0 radical (unpaired) electrons. The SMILES string of the molecule is O=C1C(=O)N(c2nc3ccc([N+](=O)[O-])cc3s2)C(c2cccnc2)/C1=C(\O)c1ccc([N+](=O)[O-])cc1. The summed E-state index contributed by atoms with van der Waals surface area (Å²) in [5, 5.41) is 33.3. The molecule has 1 saturated heterocycles. The highest BCUT2D eigenvalue weighted by atomic mass is 32.1. The van der Waals surface area contributed by atoms with Crippen molar-refractivity contribution in [2.45, 2.75) is 6.04 Å². The molecule has 36 heavy (non-hydrogen) atoms. The van der Waals surface area contributed by atoms with Crippen LogP contribution in [0.3, 0.4) is 0 Å². The summed E-state index contributed by atoms with van der Waals surface area (Å²) in [5.41, 5.74) is 0.300. The van der Waals surface area contributed by atoms with Gasteiger partial charge in [-0.3, -0.25) is 39.7 Å². The molecule has 12 nitrogen and oxygen atoms in total. The van der Waals surface area contributed by atoms with E-state index in [4.69, 9.17) is 0 Å². The van der Waals surface area contributed by atoms with Crippen LogP contribution in [0.4, 0.5) is 16.5 Å². The molecule has 2 aromatic heterocycles. The van der Waals surface area contributed by atoms with E-state index in [1.807, 2.05) is 0 Å². The van der Waals surface area contributed by atoms with Gasteiger partial charge in [-0.25, -0.2) is 4.98 Å². The largest absolute Gasteiger partial charge is 0.507 e. The van der Waals surface area contributed by atoms with E-state index in [9.17, 15) is 34.9 Å². The fraction of sp³-hybridized carbons (Fsp3) is 0.0435. The molecule has 0 saturated carbocycles. The topological polar surface area (TPSA) is 170 Å². The van der Waals surface area contributed by atoms with Gasteiger partial charge in [0, 0.05) is 42.2 Å². The predicted molar refractivity (Wildman–Crippen MR) is 128 cm³/mol. The smallest absolute Gasteiger partial charge is 0.301 e. The number of nitrogens with zero attached hydrogens (tertiary/aromatic N) is 5. The van der Waals surface area contributed by atoms with Crippen LogP contribution in [0.5, 0.6) is 0 Å². The number of aliphatic hydroxyl groups is 1. The molecule has 1 fully saturated rings. The van der Waals surface area contributed by atoms with E-state index in [-0.39, 0.29) is 27.6 Å². The van der Waals surface area contributed by atoms with Crippen LogP contribution < -0.4 is 4.90 Å². The average molecular weight is 503 g/mol. The molecule has 1 unspecified atom stereocenters. The third-order valence-corrected chi connectivity index (χ3v) is 6.59. The molecule has 1 amide bonds. The molecule has 4 aromatic rings. The van der Waals surface area contributed by atoms with Gasteiger partial charge in [0.05, 0.1) is 31.7 Å². The Hall–Kier alpha value is -5.04. The minimum absolute atomic E-state index is 0.101. The van der Waals surface area contributed by atoms with Crippen LogP contribution in [0.25, 0.3) is 16.0 Å². The van der Waals surface area contributed by atoms with Crippen LogP contribution >= 0.6 is 11.3 Å². The third-order valence-electron chi connectivity index (χ3n) is 5.57. The molecule has 178 valence electrons. The summed E-state index contributed by atoms with van der Waals surface area (Å²) in [6.45, 7) is 0. The number of carbonyl (C=O) groups excluding carboxylic acids is 2. The summed E-state index contributed by atoms with van der Waals surface area (Å²) in [7, 11) is 0. The Labute approximate surface area is 205 Å². The summed E-state index contributed by atoms with van der Waals surface area (Å²) < 4.78 is 0.432. The first-order valence-electron chi connectivity index (χ1n) is 10.3. The first-order valence-corrected chi connectivity index (χ1v) is 11.1. The number of thiazole rings is 1. The van der Waals surface area contributed by atoms with Gasteiger partial charge < -0.3 is 5.11 Å². The number of hydrogen-bond donors (Lipinski definition) is 1. The quantitative estimate of drug-likeness (QED) is 0.138. The van der Waals surface area contributed by atoms with Crippen LogP contribution in [0, 0.1) is 20.2 Å². The van der Waals surface area contributed by atoms with Crippen LogP contribution in [-0.4, -0.2) is 36.6 Å². The van der Waals surface area contributed by atoms with Gasteiger partial charge in [0.2, 0.25) is 0 Å². The molecule has 0 bridgehead atoms. The number of hydrogen-bond acceptors (Lipinski definition) is 10. The number of aliphatic hydroxyl groups excluding tert-OH is 1. The summed E-state index contributed by atoms with van der Waals surface area (Å²) in [4.78, 5) is 56.9. The Bertz CT molecular complexity index is 1600. The second kappa shape index (κ2) is 8.63. The maximum absolute atomic E-state index is 13.2. The fourth-order valence-corrected chi connectivity index (χ4v) is 4.92. The summed E-state index contributed by atoms with van der Waals surface area (Å²) >= 11 is 0.983. The number of fused-ring (bicyclic) bond motifs is 1. The molecule has 1 N–H and O–H groups in total. The maximum atomic E-state index is 13.2. The number of rotatable bonds is 5. The summed E-state index contributed by atoms with van der Waals surface area (Å²) in [6, 6.07) is 11.1. The first kappa shape index (κ1) is 22.7. The number of nitro benzene ring substituents is 2. The highest BCUT2D eigenvalue weighted by Crippen LogP contribution is 2.44. The lowest BCUT2D eigenvalue weighted by Gasteiger charge is -2.22. The van der Waals surface area contributed by atoms with E-state index in [0.29, 0.717) is 15.8 Å². The van der Waals surface area contributed by atoms with Gasteiger partial charge >= 0.3 is 5.91 Å². The molecule has 5 rings (SSSR count). The zero-order valence-corrected chi connectivity index (χ0v) is 18.8. The van der Waals surface area contributed by atoms with Gasteiger partial charge in [-0.1, -0.05) is 17.4 Å². The minimum Gasteiger partial charge on any atom is -0.507 e. The van der Waals surface area contributed by atoms with Crippen molar-refractivity contribution in [2.75, 3.05) is 4.90 Å². The molecule has 0 aliphatic carbocycles. The number of pyridine rings is 1. The summed E-state index contributed by atoms with van der Waals surface area (Å²) in [6.07, 6.45) is 2.94. The second-order valence-corrected chi connectivity index (χ2v) is 8.67. The standard InChI is InChI=1S/C23H13N5O7S/c29-20(12-3-5-14(6-4-12)27(32)33)18-19(13-2-1-9-24-11-13)26(22(31)21(18)30)23-25-16-8-7-15(28(34)35)10-17(16)36-23/h1-11,19,29H/b20-18+. The fourth-order valence-electron chi connectivity index (χ4n) is 3.90. The average Bonchev–Trinajstić information content (AvgIpc) is 3.41. The van der Waals surface area contributed by atoms with Crippen molar-refractivity contribution in [1.82, 2.24) is 9.97 Å². The van der Waals surface area contributed by atoms with E-state index >= 15 is 0 Å². The van der Waals surface area contributed by atoms with Crippen molar-refractivity contribution in [3.8, 4) is 0 Å². The molecule has 13 heteroatoms. The Morgan fingerprint density at radius 3 is 2.33 bits per heavy atom. The molecule has 1 atom stereocenters. The van der Waals surface area contributed by atoms with E-state index in [2.05, 4.69) is 9.97 Å². The van der Waals surface area contributed by atoms with Crippen LogP contribution in [0.1, 0.15) is 17.2 Å². The Morgan fingerprint density at radius 2 is 1.69 bits per heavy atom. The third kappa shape index (κ3) is 3.73. The van der Waals surface area contributed by atoms with Crippen molar-refractivity contribution in [3.05, 3.63) is 104 Å². The molecule has 1 aliphatic heterocycles. The van der Waals surface area contributed by atoms with Crippen LogP contribution in [-0.2, 0) is 9.59 Å². The van der Waals surface area contributed by atoms with E-state index in [1.165, 1.54) is 54.9 Å². The number of Topliss-reactive ketones (excluding diaryl/α,β-unsaturated/α-hetero) is 1. The number of carbonyl (C=O) groups is 2. The van der Waals surface area contributed by atoms with Gasteiger partial charge in [-0.15, -0.1) is 0 Å². The zero-order valence-electron chi connectivity index (χ0n) is 18.0. The van der Waals surface area contributed by atoms with Crippen molar-refractivity contribution in [1.29, 1.82) is 0 Å². The number of aromatic nitrogens is 2. The van der Waals surface area contributed by atoms with Crippen molar-refractivity contribution < 1.29 is 24.5 Å². The van der Waals surface area contributed by atoms with E-state index in [0.717, 1.165) is 16.2 Å². The molecule has 1 aliphatic rings. The van der Waals surface area contributed by atoms with Crippen molar-refractivity contribution in [2.24, 2.45) is 0 Å². The zero-order chi connectivity index (χ0) is 25.6. The second-order valence-electron chi connectivity index (χ2n) is 7.67. The number of nitro groups is 2. The Balaban J connectivity index is 1.68. The van der Waals surface area contributed by atoms with Gasteiger partial charge in [0.25, 0.3) is 17.2 Å². The number of amides is 1. The Morgan fingerprint density at radius 1 is 1.00 bits per heavy atom. The van der Waals surface area contributed by atoms with Crippen LogP contribution in [0.2, 0.25) is 0 Å². The lowest BCUT2D eigenvalue weighted by atomic mass is 9.96. The number of anilines is 1. The molecule has 3 heterocycles. The number of ketones is 1.